The number of amides is 1. The molecule has 128 valence electrons. The quantitative estimate of drug-likeness (QED) is 0.560. The van der Waals surface area contributed by atoms with Gasteiger partial charge in [-0.25, -0.2) is 0 Å². The first kappa shape index (κ1) is 23.4. The summed E-state index contributed by atoms with van der Waals surface area (Å²) in [7, 11) is 4.53. The summed E-state index contributed by atoms with van der Waals surface area (Å²) in [5.41, 5.74) is 17.1. The Morgan fingerprint density at radius 1 is 1.18 bits per heavy atom. The molecule has 0 aromatic heterocycles. The Bertz CT molecular complexity index is 421. The minimum atomic E-state index is -1.36. The standard InChI is InChI=1S/C10H15.C5H10N2O3.ClH.Rh/c1-6-7(2)9(4)10(5)8(6)3;6-3(5(9)10)1-2-4(7)8;;/h1-5H3;3H,1-2,6H2,(H2,7,8)(H,9,10);1H;/q-1;;;+3/p-2/t;3-;;/m.0../s1. The van der Waals surface area contributed by atoms with Crippen molar-refractivity contribution in [3.63, 3.8) is 0 Å². The number of primary amides is 1. The van der Waals surface area contributed by atoms with Gasteiger partial charge in [0.1, 0.15) is 0 Å². The molecule has 0 aliphatic rings. The van der Waals surface area contributed by atoms with E-state index < -0.39 is 17.9 Å². The van der Waals surface area contributed by atoms with Crippen LogP contribution in [-0.4, -0.2) is 17.9 Å². The molecule has 0 saturated heterocycles. The number of nitrogens with two attached hydrogens (primary N) is 2. The van der Waals surface area contributed by atoms with E-state index in [1.54, 1.807) is 0 Å². The van der Waals surface area contributed by atoms with E-state index in [0.717, 1.165) is 0 Å². The maximum absolute atomic E-state index is 10.1. The molecule has 1 amide bonds. The molecule has 1 rings (SSSR count). The number of rotatable bonds is 4. The van der Waals surface area contributed by atoms with Crippen molar-refractivity contribution in [1.82, 2.24) is 0 Å². The molecule has 0 saturated carbocycles. The van der Waals surface area contributed by atoms with Crippen molar-refractivity contribution in [3.05, 3.63) is 27.8 Å². The first-order valence-electron chi connectivity index (χ1n) is 6.66. The van der Waals surface area contributed by atoms with Gasteiger partial charge in [-0.2, -0.15) is 27.8 Å². The number of carbonyl (C=O) groups is 2. The Hall–Kier alpha value is -0.837. The van der Waals surface area contributed by atoms with Gasteiger partial charge in [0.05, 0.1) is 5.97 Å². The summed E-state index contributed by atoms with van der Waals surface area (Å²) in [5.74, 6) is -1.92. The third-order valence-corrected chi connectivity index (χ3v) is 3.82. The molecule has 4 N–H and O–H groups in total. The SMILES string of the molecule is Cc1c(C)c(C)[c-](C)c1C.NC(=O)CC[C@H](N)C(=O)[O-].[Cl][Rh+2]. The van der Waals surface area contributed by atoms with Crippen LogP contribution in [0.5, 0.6) is 0 Å². The summed E-state index contributed by atoms with van der Waals surface area (Å²) in [6.45, 7) is 11.0. The Balaban J connectivity index is 0. The molecular formula is C15H24ClN2O3Rh. The van der Waals surface area contributed by atoms with Crippen molar-refractivity contribution in [2.24, 2.45) is 11.5 Å². The molecule has 7 heteroatoms. The van der Waals surface area contributed by atoms with Crippen LogP contribution in [0.4, 0.5) is 0 Å². The van der Waals surface area contributed by atoms with E-state index in [4.69, 9.17) is 11.5 Å². The topological polar surface area (TPSA) is 109 Å². The van der Waals surface area contributed by atoms with E-state index in [2.05, 4.69) is 44.3 Å². The normalized spacial score (nSPS) is 10.7. The second kappa shape index (κ2) is 11.7. The van der Waals surface area contributed by atoms with Gasteiger partial charge in [-0.1, -0.05) is 34.6 Å². The Kier molecular flexibility index (Phi) is 12.5. The van der Waals surface area contributed by atoms with Crippen molar-refractivity contribution in [2.45, 2.75) is 53.5 Å². The molecule has 0 bridgehead atoms. The van der Waals surface area contributed by atoms with Gasteiger partial charge in [-0.15, -0.1) is 0 Å². The molecule has 1 aromatic carbocycles. The van der Waals surface area contributed by atoms with Crippen molar-refractivity contribution < 1.29 is 32.0 Å². The van der Waals surface area contributed by atoms with Crippen LogP contribution in [0.15, 0.2) is 0 Å². The Morgan fingerprint density at radius 2 is 1.55 bits per heavy atom. The van der Waals surface area contributed by atoms with Gasteiger partial charge in [0.2, 0.25) is 5.91 Å². The number of hydrogen-bond acceptors (Lipinski definition) is 4. The molecular weight excluding hydrogens is 395 g/mol. The fourth-order valence-corrected chi connectivity index (χ4v) is 1.82. The maximum atomic E-state index is 10.1. The second-order valence-electron chi connectivity index (χ2n) is 5.06. The van der Waals surface area contributed by atoms with Gasteiger partial charge in [-0.3, -0.25) is 4.79 Å². The molecule has 0 aliphatic carbocycles. The van der Waals surface area contributed by atoms with Gasteiger partial charge in [0.25, 0.3) is 0 Å². The molecule has 0 fully saturated rings. The van der Waals surface area contributed by atoms with Gasteiger partial charge in [0.15, 0.2) is 0 Å². The van der Waals surface area contributed by atoms with Crippen molar-refractivity contribution in [1.29, 1.82) is 0 Å². The van der Waals surface area contributed by atoms with Crippen LogP contribution >= 0.6 is 9.69 Å². The summed E-state index contributed by atoms with van der Waals surface area (Å²) < 4.78 is 0. The number of aliphatic carboxylic acids is 1. The molecule has 1 atom stereocenters. The van der Waals surface area contributed by atoms with Gasteiger partial charge >= 0.3 is 27.0 Å². The van der Waals surface area contributed by atoms with Crippen molar-refractivity contribution in [3.8, 4) is 0 Å². The summed E-state index contributed by atoms with van der Waals surface area (Å²) in [4.78, 5) is 20.0. The van der Waals surface area contributed by atoms with Crippen LogP contribution in [0.3, 0.4) is 0 Å². The summed E-state index contributed by atoms with van der Waals surface area (Å²) in [6.07, 6.45) is 0.0206. The van der Waals surface area contributed by atoms with E-state index in [1.807, 2.05) is 17.3 Å². The number of hydrogen-bond donors (Lipinski definition) is 2. The van der Waals surface area contributed by atoms with Crippen LogP contribution in [-0.2, 0) is 26.9 Å². The third kappa shape index (κ3) is 7.97. The third-order valence-electron chi connectivity index (χ3n) is 3.82. The van der Waals surface area contributed by atoms with Gasteiger partial charge in [0, 0.05) is 12.5 Å². The van der Waals surface area contributed by atoms with Crippen molar-refractivity contribution >= 4 is 21.6 Å². The first-order chi connectivity index (χ1) is 10.1. The van der Waals surface area contributed by atoms with Crippen molar-refractivity contribution in [2.75, 3.05) is 0 Å². The molecule has 0 heterocycles. The molecule has 0 radical (unpaired) electrons. The number of carboxylic acids is 1. The average molecular weight is 419 g/mol. The van der Waals surface area contributed by atoms with Crippen LogP contribution in [0.1, 0.15) is 40.7 Å². The van der Waals surface area contributed by atoms with Crippen LogP contribution in [0, 0.1) is 34.6 Å². The molecule has 0 unspecified atom stereocenters. The first-order valence-corrected chi connectivity index (χ1v) is 8.77. The van der Waals surface area contributed by atoms with E-state index in [0.29, 0.717) is 0 Å². The number of carbonyl (C=O) groups excluding carboxylic acids is 2. The fraction of sp³-hybridized carbons (Fsp3) is 0.533. The van der Waals surface area contributed by atoms with Crippen LogP contribution in [0.2, 0.25) is 0 Å². The second-order valence-corrected chi connectivity index (χ2v) is 5.06. The van der Waals surface area contributed by atoms with E-state index in [9.17, 15) is 14.7 Å². The Labute approximate surface area is 146 Å². The van der Waals surface area contributed by atoms with E-state index in [-0.39, 0.29) is 12.8 Å². The van der Waals surface area contributed by atoms with E-state index in [1.165, 1.54) is 27.8 Å². The van der Waals surface area contributed by atoms with E-state index >= 15 is 0 Å². The fourth-order valence-electron chi connectivity index (χ4n) is 1.82. The zero-order chi connectivity index (χ0) is 18.0. The molecule has 1 aromatic rings. The number of carboxylic acid groups (broad SMARTS) is 1. The van der Waals surface area contributed by atoms with Gasteiger partial charge in [-0.05, 0) is 6.42 Å². The predicted octanol–water partition coefficient (Wildman–Crippen LogP) is 0.964. The minimum absolute atomic E-state index is 0.0187. The predicted molar refractivity (Wildman–Crippen MR) is 83.0 cm³/mol. The monoisotopic (exact) mass is 418 g/mol. The summed E-state index contributed by atoms with van der Waals surface area (Å²) in [6, 6.07) is -1.09. The molecule has 0 spiro atoms. The molecule has 5 nitrogen and oxygen atoms in total. The van der Waals surface area contributed by atoms with Crippen LogP contribution in [0.25, 0.3) is 0 Å². The van der Waals surface area contributed by atoms with Crippen LogP contribution < -0.4 is 16.6 Å². The number of halogens is 1. The summed E-state index contributed by atoms with van der Waals surface area (Å²) >= 11 is 2.02. The Morgan fingerprint density at radius 3 is 1.73 bits per heavy atom. The molecule has 22 heavy (non-hydrogen) atoms. The van der Waals surface area contributed by atoms with Gasteiger partial charge < -0.3 is 21.4 Å². The molecule has 0 aliphatic heterocycles. The summed E-state index contributed by atoms with van der Waals surface area (Å²) in [5, 5.41) is 9.92. The zero-order valence-electron chi connectivity index (χ0n) is 13.6. The average Bonchev–Trinajstić information content (AvgIpc) is 2.65. The zero-order valence-corrected chi connectivity index (χ0v) is 16.0.